The van der Waals surface area contributed by atoms with E-state index in [0.717, 1.165) is 25.7 Å². The molecule has 0 aromatic heterocycles. The fourth-order valence-corrected chi connectivity index (χ4v) is 2.27. The molecule has 0 aromatic rings. The number of carbonyl (C=O) groups is 2. The van der Waals surface area contributed by atoms with E-state index in [9.17, 15) is 9.59 Å². The molecule has 1 N–H and O–H groups in total. The van der Waals surface area contributed by atoms with Gasteiger partial charge in [0.15, 0.2) is 0 Å². The largest absolute Gasteiger partial charge is 0.385 e. The minimum atomic E-state index is -0.395. The predicted molar refractivity (Wildman–Crippen MR) is 69.1 cm³/mol. The van der Waals surface area contributed by atoms with Crippen molar-refractivity contribution in [1.82, 2.24) is 10.2 Å². The van der Waals surface area contributed by atoms with Gasteiger partial charge in [0.1, 0.15) is 12.1 Å². The summed E-state index contributed by atoms with van der Waals surface area (Å²) in [5.74, 6) is 0.0150. The third-order valence-electron chi connectivity index (χ3n) is 3.25. The first-order valence-corrected chi connectivity index (χ1v) is 6.71. The highest BCUT2D eigenvalue weighted by Gasteiger charge is 2.37. The average Bonchev–Trinajstić information content (AvgIpc) is 2.34. The number of nitrogens with zero attached hydrogens (tertiary/aromatic N) is 1. The van der Waals surface area contributed by atoms with E-state index < -0.39 is 6.04 Å². The summed E-state index contributed by atoms with van der Waals surface area (Å²) < 4.78 is 4.99. The zero-order valence-electron chi connectivity index (χ0n) is 11.6. The Morgan fingerprint density at radius 1 is 1.33 bits per heavy atom. The van der Waals surface area contributed by atoms with Crippen LogP contribution in [0.15, 0.2) is 0 Å². The van der Waals surface area contributed by atoms with Crippen molar-refractivity contribution in [3.63, 3.8) is 0 Å². The molecule has 2 atom stereocenters. The first-order chi connectivity index (χ1) is 8.61. The maximum Gasteiger partial charge on any atom is 0.245 e. The summed E-state index contributed by atoms with van der Waals surface area (Å²) in [7, 11) is 1.67. The normalized spacial score (nSPS) is 24.3. The van der Waals surface area contributed by atoms with Crippen molar-refractivity contribution in [2.45, 2.75) is 51.6 Å². The number of methoxy groups -OCH3 is 1. The van der Waals surface area contributed by atoms with Gasteiger partial charge in [0, 0.05) is 20.3 Å². The predicted octanol–water partition coefficient (Wildman–Crippen LogP) is 0.929. The molecule has 0 aromatic carbocycles. The number of carbonyl (C=O) groups excluding carboxylic acids is 2. The first-order valence-electron chi connectivity index (χ1n) is 6.71. The van der Waals surface area contributed by atoms with Crippen LogP contribution >= 0.6 is 0 Å². The number of amides is 2. The van der Waals surface area contributed by atoms with Crippen LogP contribution in [0.4, 0.5) is 0 Å². The lowest BCUT2D eigenvalue weighted by atomic mass is 10.0. The van der Waals surface area contributed by atoms with Crippen molar-refractivity contribution >= 4 is 11.8 Å². The van der Waals surface area contributed by atoms with E-state index in [1.165, 1.54) is 0 Å². The van der Waals surface area contributed by atoms with Crippen LogP contribution in [-0.2, 0) is 14.3 Å². The zero-order chi connectivity index (χ0) is 13.5. The Morgan fingerprint density at radius 2 is 2.06 bits per heavy atom. The van der Waals surface area contributed by atoms with Crippen LogP contribution in [0.1, 0.15) is 39.5 Å². The second-order valence-electron chi connectivity index (χ2n) is 4.77. The maximum absolute atomic E-state index is 12.1. The van der Waals surface area contributed by atoms with Crippen LogP contribution in [0.2, 0.25) is 0 Å². The van der Waals surface area contributed by atoms with E-state index in [1.807, 2.05) is 6.92 Å². The molecule has 18 heavy (non-hydrogen) atoms. The summed E-state index contributed by atoms with van der Waals surface area (Å²) in [6, 6.07) is -0.686. The molecular weight excluding hydrogens is 232 g/mol. The molecule has 0 spiro atoms. The number of hydrogen-bond donors (Lipinski definition) is 1. The molecule has 1 aliphatic heterocycles. The topological polar surface area (TPSA) is 58.6 Å². The third-order valence-corrected chi connectivity index (χ3v) is 3.25. The Balaban J connectivity index is 2.60. The second-order valence-corrected chi connectivity index (χ2v) is 4.77. The molecule has 0 radical (unpaired) electrons. The van der Waals surface area contributed by atoms with Crippen LogP contribution in [-0.4, -0.2) is 49.1 Å². The fraction of sp³-hybridized carbons (Fsp3) is 0.846. The van der Waals surface area contributed by atoms with Gasteiger partial charge in [-0.25, -0.2) is 0 Å². The molecule has 5 nitrogen and oxygen atoms in total. The van der Waals surface area contributed by atoms with Crippen molar-refractivity contribution in [1.29, 1.82) is 0 Å². The summed E-state index contributed by atoms with van der Waals surface area (Å²) >= 11 is 0. The first kappa shape index (κ1) is 15.0. The van der Waals surface area contributed by atoms with Gasteiger partial charge in [-0.3, -0.25) is 9.59 Å². The molecule has 1 aliphatic rings. The number of piperazine rings is 1. The molecule has 2 amide bonds. The smallest absolute Gasteiger partial charge is 0.245 e. The number of rotatable bonds is 7. The van der Waals surface area contributed by atoms with Crippen LogP contribution < -0.4 is 5.32 Å². The van der Waals surface area contributed by atoms with Gasteiger partial charge in [0.25, 0.3) is 0 Å². The number of hydrogen-bond acceptors (Lipinski definition) is 3. The maximum atomic E-state index is 12.1. The third kappa shape index (κ3) is 3.70. The molecule has 0 saturated carbocycles. The summed E-state index contributed by atoms with van der Waals surface area (Å²) in [4.78, 5) is 25.7. The lowest BCUT2D eigenvalue weighted by molar-refractivity contribution is -0.149. The van der Waals surface area contributed by atoms with E-state index in [-0.39, 0.29) is 17.9 Å². The molecule has 1 heterocycles. The quantitative estimate of drug-likeness (QED) is 0.689. The van der Waals surface area contributed by atoms with Crippen molar-refractivity contribution in [3.8, 4) is 0 Å². The minimum absolute atomic E-state index is 0.0179. The van der Waals surface area contributed by atoms with Crippen molar-refractivity contribution in [3.05, 3.63) is 0 Å². The van der Waals surface area contributed by atoms with E-state index in [2.05, 4.69) is 5.32 Å². The van der Waals surface area contributed by atoms with Crippen LogP contribution in [0.25, 0.3) is 0 Å². The van der Waals surface area contributed by atoms with E-state index in [4.69, 9.17) is 4.74 Å². The van der Waals surface area contributed by atoms with Gasteiger partial charge in [0.2, 0.25) is 11.8 Å². The fourth-order valence-electron chi connectivity index (χ4n) is 2.27. The average molecular weight is 256 g/mol. The van der Waals surface area contributed by atoms with Gasteiger partial charge in [-0.1, -0.05) is 13.3 Å². The number of unbranched alkanes of at least 4 members (excludes halogenated alkanes) is 1. The lowest BCUT2D eigenvalue weighted by Crippen LogP contribution is -2.62. The molecule has 2 unspecified atom stereocenters. The van der Waals surface area contributed by atoms with Gasteiger partial charge in [-0.2, -0.15) is 0 Å². The minimum Gasteiger partial charge on any atom is -0.385 e. The number of ether oxygens (including phenoxy) is 1. The van der Waals surface area contributed by atoms with E-state index >= 15 is 0 Å². The molecule has 104 valence electrons. The molecule has 1 fully saturated rings. The van der Waals surface area contributed by atoms with Gasteiger partial charge >= 0.3 is 0 Å². The van der Waals surface area contributed by atoms with E-state index in [0.29, 0.717) is 13.2 Å². The summed E-state index contributed by atoms with van der Waals surface area (Å²) in [5.41, 5.74) is 0. The van der Waals surface area contributed by atoms with Crippen LogP contribution in [0.5, 0.6) is 0 Å². The highest BCUT2D eigenvalue weighted by molar-refractivity contribution is 5.96. The highest BCUT2D eigenvalue weighted by atomic mass is 16.5. The van der Waals surface area contributed by atoms with Crippen molar-refractivity contribution in [2.24, 2.45) is 0 Å². The Morgan fingerprint density at radius 3 is 2.67 bits per heavy atom. The monoisotopic (exact) mass is 256 g/mol. The molecule has 1 rings (SSSR count). The Hall–Kier alpha value is -1.10. The molecule has 1 saturated heterocycles. The molecule has 0 bridgehead atoms. The van der Waals surface area contributed by atoms with Gasteiger partial charge in [-0.05, 0) is 26.2 Å². The SMILES string of the molecule is CCCC1C(=O)NC(C)C(=O)N1CCCCOC. The Bertz CT molecular complexity index is 294. The van der Waals surface area contributed by atoms with Crippen molar-refractivity contribution in [2.75, 3.05) is 20.3 Å². The summed E-state index contributed by atoms with van der Waals surface area (Å²) in [5, 5.41) is 2.74. The Kier molecular flexibility index (Phi) is 6.12. The molecule has 5 heteroatoms. The standard InChI is InChI=1S/C13H24N2O3/c1-4-7-11-12(16)14-10(2)13(17)15(11)8-5-6-9-18-3/h10-11H,4-9H2,1-3H3,(H,14,16). The van der Waals surface area contributed by atoms with Gasteiger partial charge in [-0.15, -0.1) is 0 Å². The van der Waals surface area contributed by atoms with Gasteiger partial charge in [0.05, 0.1) is 0 Å². The zero-order valence-corrected chi connectivity index (χ0v) is 11.6. The Labute approximate surface area is 109 Å². The van der Waals surface area contributed by atoms with Crippen molar-refractivity contribution < 1.29 is 14.3 Å². The molecule has 0 aliphatic carbocycles. The van der Waals surface area contributed by atoms with Crippen LogP contribution in [0, 0.1) is 0 Å². The molecular formula is C13H24N2O3. The summed E-state index contributed by atoms with van der Waals surface area (Å²) in [6.45, 7) is 5.11. The van der Waals surface area contributed by atoms with E-state index in [1.54, 1.807) is 18.9 Å². The number of nitrogens with one attached hydrogen (secondary N) is 1. The highest BCUT2D eigenvalue weighted by Crippen LogP contribution is 2.15. The lowest BCUT2D eigenvalue weighted by Gasteiger charge is -2.38. The van der Waals surface area contributed by atoms with Gasteiger partial charge < -0.3 is 15.0 Å². The second kappa shape index (κ2) is 7.36. The summed E-state index contributed by atoms with van der Waals surface area (Å²) in [6.07, 6.45) is 3.41. The van der Waals surface area contributed by atoms with Crippen LogP contribution in [0.3, 0.4) is 0 Å².